The predicted octanol–water partition coefficient (Wildman–Crippen LogP) is 1.61. The van der Waals surface area contributed by atoms with Crippen molar-refractivity contribution in [3.05, 3.63) is 12.7 Å². The van der Waals surface area contributed by atoms with Gasteiger partial charge in [0.2, 0.25) is 11.8 Å². The molecule has 3 N–H and O–H groups in total. The van der Waals surface area contributed by atoms with Gasteiger partial charge >= 0.3 is 0 Å². The van der Waals surface area contributed by atoms with Crippen molar-refractivity contribution >= 4 is 11.8 Å². The summed E-state index contributed by atoms with van der Waals surface area (Å²) in [5.74, 6) is -0.431. The van der Waals surface area contributed by atoms with Gasteiger partial charge in [-0.25, -0.2) is 0 Å². The molecule has 0 aliphatic heterocycles. The van der Waals surface area contributed by atoms with E-state index in [4.69, 9.17) is 5.73 Å². The van der Waals surface area contributed by atoms with Gasteiger partial charge in [0, 0.05) is 18.4 Å². The van der Waals surface area contributed by atoms with Gasteiger partial charge in [0.15, 0.2) is 0 Å². The molecule has 0 spiro atoms. The molecule has 2 atom stereocenters. The summed E-state index contributed by atoms with van der Waals surface area (Å²) in [5.41, 5.74) is 5.46. The summed E-state index contributed by atoms with van der Waals surface area (Å²) >= 11 is 0. The summed E-state index contributed by atoms with van der Waals surface area (Å²) in [6, 6.07) is 0. The van der Waals surface area contributed by atoms with E-state index in [0.717, 1.165) is 6.42 Å². The number of hydrogen-bond donors (Lipinski definition) is 2. The molecule has 18 heavy (non-hydrogen) atoms. The van der Waals surface area contributed by atoms with Crippen LogP contribution in [0.2, 0.25) is 0 Å². The van der Waals surface area contributed by atoms with Gasteiger partial charge in [-0.15, -0.1) is 6.58 Å². The van der Waals surface area contributed by atoms with E-state index >= 15 is 0 Å². The molecule has 1 unspecified atom stereocenters. The molecule has 0 bridgehead atoms. The molecule has 0 aromatic heterocycles. The maximum absolute atomic E-state index is 12.1. The Morgan fingerprint density at radius 2 is 2.11 bits per heavy atom. The number of carbonyl (C=O) groups is 2. The Balaban J connectivity index is 2.71. The lowest BCUT2D eigenvalue weighted by atomic mass is 9.83. The van der Waals surface area contributed by atoms with E-state index in [1.165, 1.54) is 12.8 Å². The summed E-state index contributed by atoms with van der Waals surface area (Å²) in [7, 11) is 0. The van der Waals surface area contributed by atoms with Crippen LogP contribution in [0.4, 0.5) is 0 Å². The number of allylic oxidation sites excluding steroid dienone is 1. The monoisotopic (exact) mass is 252 g/mol. The number of amides is 2. The molecule has 1 rings (SSSR count). The molecule has 102 valence electrons. The lowest BCUT2D eigenvalue weighted by Crippen LogP contribution is -2.40. The normalized spacial score (nSPS) is 17.8. The summed E-state index contributed by atoms with van der Waals surface area (Å²) in [6.07, 6.45) is 6.23. The number of carbonyl (C=O) groups excluding carboxylic acids is 2. The largest absolute Gasteiger partial charge is 0.369 e. The SMILES string of the molecule is C=CCC[C@H](C(N)=O)C(CC1CC1)C(=O)NCC. The quantitative estimate of drug-likeness (QED) is 0.612. The third-order valence-corrected chi connectivity index (χ3v) is 3.50. The van der Waals surface area contributed by atoms with Gasteiger partial charge in [0.05, 0.1) is 0 Å². The van der Waals surface area contributed by atoms with Crippen LogP contribution in [0.5, 0.6) is 0 Å². The second kappa shape index (κ2) is 7.19. The molecular weight excluding hydrogens is 228 g/mol. The first kappa shape index (κ1) is 14.7. The van der Waals surface area contributed by atoms with Gasteiger partial charge in [-0.2, -0.15) is 0 Å². The van der Waals surface area contributed by atoms with Crippen LogP contribution < -0.4 is 11.1 Å². The first-order chi connectivity index (χ1) is 8.60. The molecule has 1 aliphatic rings. The van der Waals surface area contributed by atoms with Crippen molar-refractivity contribution in [1.82, 2.24) is 5.32 Å². The molecule has 1 saturated carbocycles. The van der Waals surface area contributed by atoms with Gasteiger partial charge in [0.25, 0.3) is 0 Å². The van der Waals surface area contributed by atoms with E-state index in [-0.39, 0.29) is 23.7 Å². The Bertz CT molecular complexity index is 311. The number of primary amides is 1. The molecule has 1 fully saturated rings. The topological polar surface area (TPSA) is 72.2 Å². The van der Waals surface area contributed by atoms with Gasteiger partial charge in [-0.1, -0.05) is 18.9 Å². The smallest absolute Gasteiger partial charge is 0.223 e. The van der Waals surface area contributed by atoms with Crippen molar-refractivity contribution in [2.24, 2.45) is 23.5 Å². The van der Waals surface area contributed by atoms with Gasteiger partial charge < -0.3 is 11.1 Å². The van der Waals surface area contributed by atoms with Crippen molar-refractivity contribution in [2.45, 2.75) is 39.0 Å². The standard InChI is InChI=1S/C14H24N2O2/c1-3-5-6-11(13(15)17)12(9-10-7-8-10)14(18)16-4-2/h3,10-12H,1,4-9H2,2H3,(H2,15,17)(H,16,18)/t11-,12?/m0/s1. The summed E-state index contributed by atoms with van der Waals surface area (Å²) in [4.78, 5) is 23.6. The summed E-state index contributed by atoms with van der Waals surface area (Å²) < 4.78 is 0. The molecular formula is C14H24N2O2. The van der Waals surface area contributed by atoms with Crippen molar-refractivity contribution in [3.8, 4) is 0 Å². The Morgan fingerprint density at radius 3 is 2.56 bits per heavy atom. The van der Waals surface area contributed by atoms with Crippen LogP contribution in [-0.2, 0) is 9.59 Å². The average molecular weight is 252 g/mol. The van der Waals surface area contributed by atoms with Crippen LogP contribution >= 0.6 is 0 Å². The minimum Gasteiger partial charge on any atom is -0.369 e. The van der Waals surface area contributed by atoms with Crippen LogP contribution in [0.1, 0.15) is 39.0 Å². The lowest BCUT2D eigenvalue weighted by Gasteiger charge is -2.23. The molecule has 4 nitrogen and oxygen atoms in total. The summed E-state index contributed by atoms with van der Waals surface area (Å²) in [5, 5.41) is 2.82. The molecule has 0 heterocycles. The Hall–Kier alpha value is -1.32. The van der Waals surface area contributed by atoms with Crippen molar-refractivity contribution in [1.29, 1.82) is 0 Å². The van der Waals surface area contributed by atoms with E-state index < -0.39 is 0 Å². The minimum atomic E-state index is -0.367. The fourth-order valence-corrected chi connectivity index (χ4v) is 2.31. The van der Waals surface area contributed by atoms with Crippen molar-refractivity contribution in [2.75, 3.05) is 6.54 Å². The molecule has 4 heteroatoms. The third kappa shape index (κ3) is 4.51. The van der Waals surface area contributed by atoms with Crippen molar-refractivity contribution in [3.63, 3.8) is 0 Å². The number of nitrogens with one attached hydrogen (secondary N) is 1. The van der Waals surface area contributed by atoms with E-state index in [2.05, 4.69) is 11.9 Å². The highest BCUT2D eigenvalue weighted by atomic mass is 16.2. The van der Waals surface area contributed by atoms with Crippen LogP contribution in [0.3, 0.4) is 0 Å². The van der Waals surface area contributed by atoms with E-state index in [0.29, 0.717) is 25.3 Å². The van der Waals surface area contributed by atoms with Crippen LogP contribution in [0, 0.1) is 17.8 Å². The fourth-order valence-electron chi connectivity index (χ4n) is 2.31. The van der Waals surface area contributed by atoms with Gasteiger partial charge in [0.1, 0.15) is 0 Å². The Labute approximate surface area is 109 Å². The third-order valence-electron chi connectivity index (χ3n) is 3.50. The molecule has 0 radical (unpaired) electrons. The highest BCUT2D eigenvalue weighted by Gasteiger charge is 2.36. The molecule has 0 aromatic carbocycles. The Morgan fingerprint density at radius 1 is 1.44 bits per heavy atom. The van der Waals surface area contributed by atoms with E-state index in [1.807, 2.05) is 6.92 Å². The zero-order valence-corrected chi connectivity index (χ0v) is 11.2. The molecule has 2 amide bonds. The maximum atomic E-state index is 12.1. The molecule has 0 saturated heterocycles. The first-order valence-electron chi connectivity index (χ1n) is 6.78. The number of rotatable bonds is 9. The molecule has 1 aliphatic carbocycles. The number of nitrogens with two attached hydrogens (primary N) is 1. The summed E-state index contributed by atoms with van der Waals surface area (Å²) in [6.45, 7) is 6.13. The van der Waals surface area contributed by atoms with Crippen LogP contribution in [-0.4, -0.2) is 18.4 Å². The van der Waals surface area contributed by atoms with E-state index in [1.54, 1.807) is 6.08 Å². The second-order valence-electron chi connectivity index (χ2n) is 5.06. The number of hydrogen-bond acceptors (Lipinski definition) is 2. The highest BCUT2D eigenvalue weighted by Crippen LogP contribution is 2.38. The van der Waals surface area contributed by atoms with E-state index in [9.17, 15) is 9.59 Å². The highest BCUT2D eigenvalue weighted by molar-refractivity contribution is 5.86. The zero-order valence-electron chi connectivity index (χ0n) is 11.2. The average Bonchev–Trinajstić information content (AvgIpc) is 3.11. The van der Waals surface area contributed by atoms with Crippen molar-refractivity contribution < 1.29 is 9.59 Å². The lowest BCUT2D eigenvalue weighted by molar-refractivity contribution is -0.133. The van der Waals surface area contributed by atoms with Crippen LogP contribution in [0.15, 0.2) is 12.7 Å². The predicted molar refractivity (Wildman–Crippen MR) is 71.6 cm³/mol. The second-order valence-corrected chi connectivity index (χ2v) is 5.06. The zero-order chi connectivity index (χ0) is 13.5. The van der Waals surface area contributed by atoms with Crippen LogP contribution in [0.25, 0.3) is 0 Å². The fraction of sp³-hybridized carbons (Fsp3) is 0.714. The maximum Gasteiger partial charge on any atom is 0.223 e. The minimum absolute atomic E-state index is 0.0303. The Kier molecular flexibility index (Phi) is 5.89. The first-order valence-corrected chi connectivity index (χ1v) is 6.78. The van der Waals surface area contributed by atoms with Gasteiger partial charge in [-0.05, 0) is 32.1 Å². The molecule has 0 aromatic rings. The van der Waals surface area contributed by atoms with Gasteiger partial charge in [-0.3, -0.25) is 9.59 Å².